The molecule has 108 valence electrons. The van der Waals surface area contributed by atoms with Crippen molar-refractivity contribution in [2.45, 2.75) is 19.0 Å². The summed E-state index contributed by atoms with van der Waals surface area (Å²) in [6, 6.07) is 8.27. The van der Waals surface area contributed by atoms with Crippen LogP contribution in [0.5, 0.6) is 0 Å². The summed E-state index contributed by atoms with van der Waals surface area (Å²) in [6.07, 6.45) is 6.12. The average molecular weight is 291 g/mol. The Morgan fingerprint density at radius 2 is 2.09 bits per heavy atom. The highest BCUT2D eigenvalue weighted by Gasteiger charge is 2.41. The van der Waals surface area contributed by atoms with Gasteiger partial charge in [0.05, 0.1) is 30.2 Å². The van der Waals surface area contributed by atoms with Gasteiger partial charge in [0.25, 0.3) is 0 Å². The van der Waals surface area contributed by atoms with Gasteiger partial charge in [-0.05, 0) is 12.0 Å². The molecule has 22 heavy (non-hydrogen) atoms. The molecule has 2 aliphatic rings. The molecule has 0 spiro atoms. The summed E-state index contributed by atoms with van der Waals surface area (Å²) in [5.74, 6) is 0.431. The molecule has 5 rings (SSSR count). The Morgan fingerprint density at radius 1 is 1.18 bits per heavy atom. The molecular weight excluding hydrogens is 278 g/mol. The fourth-order valence-electron chi connectivity index (χ4n) is 3.77. The predicted octanol–water partition coefficient (Wildman–Crippen LogP) is 1.95. The van der Waals surface area contributed by atoms with Gasteiger partial charge in [0.2, 0.25) is 5.78 Å². The van der Waals surface area contributed by atoms with Crippen molar-refractivity contribution in [1.82, 2.24) is 24.3 Å². The topological polar surface area (TPSA) is 65.6 Å². The van der Waals surface area contributed by atoms with E-state index in [2.05, 4.69) is 31.9 Å². The van der Waals surface area contributed by atoms with Gasteiger partial charge in [-0.25, -0.2) is 4.98 Å². The fourth-order valence-corrected chi connectivity index (χ4v) is 3.77. The summed E-state index contributed by atoms with van der Waals surface area (Å²) >= 11 is 0. The Kier molecular flexibility index (Phi) is 2.22. The summed E-state index contributed by atoms with van der Waals surface area (Å²) in [7, 11) is 0. The van der Waals surface area contributed by atoms with E-state index in [1.807, 2.05) is 29.2 Å². The lowest BCUT2D eigenvalue weighted by Crippen LogP contribution is -2.33. The Hall–Kier alpha value is -2.76. The van der Waals surface area contributed by atoms with Gasteiger partial charge in [0.1, 0.15) is 6.33 Å². The molecule has 0 saturated heterocycles. The van der Waals surface area contributed by atoms with Crippen molar-refractivity contribution in [1.29, 1.82) is 0 Å². The quantitative estimate of drug-likeness (QED) is 0.687. The van der Waals surface area contributed by atoms with Crippen LogP contribution in [0, 0.1) is 5.92 Å². The SMILES string of the molecule is O=C1c2nncn2CCC1C1c2ccccc2-c2cncn21. The minimum absolute atomic E-state index is 0.00616. The Balaban J connectivity index is 1.66. The summed E-state index contributed by atoms with van der Waals surface area (Å²) < 4.78 is 3.97. The van der Waals surface area contributed by atoms with Crippen LogP contribution in [-0.4, -0.2) is 30.1 Å². The van der Waals surface area contributed by atoms with Crippen molar-refractivity contribution >= 4 is 5.78 Å². The molecule has 2 aliphatic heterocycles. The van der Waals surface area contributed by atoms with Crippen LogP contribution >= 0.6 is 0 Å². The van der Waals surface area contributed by atoms with E-state index in [1.54, 1.807) is 6.33 Å². The molecule has 0 fully saturated rings. The van der Waals surface area contributed by atoms with Crippen LogP contribution in [0.25, 0.3) is 11.3 Å². The van der Waals surface area contributed by atoms with Gasteiger partial charge in [-0.15, -0.1) is 10.2 Å². The number of ketones is 1. The normalized spacial score (nSPS) is 22.3. The van der Waals surface area contributed by atoms with E-state index in [-0.39, 0.29) is 17.7 Å². The Morgan fingerprint density at radius 3 is 3.05 bits per heavy atom. The molecule has 0 radical (unpaired) electrons. The van der Waals surface area contributed by atoms with Gasteiger partial charge in [0, 0.05) is 12.1 Å². The van der Waals surface area contributed by atoms with Crippen LogP contribution in [0.2, 0.25) is 0 Å². The molecule has 4 heterocycles. The third-order valence-electron chi connectivity index (χ3n) is 4.76. The zero-order valence-corrected chi connectivity index (χ0v) is 11.8. The van der Waals surface area contributed by atoms with Crippen molar-refractivity contribution in [3.8, 4) is 11.3 Å². The molecule has 3 aromatic rings. The predicted molar refractivity (Wildman–Crippen MR) is 78.3 cm³/mol. The number of rotatable bonds is 1. The maximum absolute atomic E-state index is 12.8. The first-order valence-electron chi connectivity index (χ1n) is 7.38. The van der Waals surface area contributed by atoms with Crippen LogP contribution in [-0.2, 0) is 6.54 Å². The summed E-state index contributed by atoms with van der Waals surface area (Å²) in [6.45, 7) is 0.779. The first kappa shape index (κ1) is 11.9. The third-order valence-corrected chi connectivity index (χ3v) is 4.76. The van der Waals surface area contributed by atoms with Gasteiger partial charge < -0.3 is 9.13 Å². The third kappa shape index (κ3) is 1.39. The van der Waals surface area contributed by atoms with E-state index in [0.717, 1.165) is 18.7 Å². The van der Waals surface area contributed by atoms with Crippen molar-refractivity contribution < 1.29 is 4.79 Å². The molecule has 2 aromatic heterocycles. The number of carbonyl (C=O) groups is 1. The van der Waals surface area contributed by atoms with E-state index in [9.17, 15) is 4.79 Å². The van der Waals surface area contributed by atoms with Gasteiger partial charge in [0.15, 0.2) is 5.82 Å². The molecule has 0 N–H and O–H groups in total. The van der Waals surface area contributed by atoms with Crippen LogP contribution in [0.15, 0.2) is 43.1 Å². The van der Waals surface area contributed by atoms with Gasteiger partial charge in [-0.1, -0.05) is 24.3 Å². The maximum atomic E-state index is 12.8. The highest BCUT2D eigenvalue weighted by molar-refractivity contribution is 5.96. The number of benzene rings is 1. The molecule has 0 bridgehead atoms. The summed E-state index contributed by atoms with van der Waals surface area (Å²) in [5.41, 5.74) is 3.46. The number of aryl methyl sites for hydroxylation is 1. The number of imidazole rings is 1. The molecule has 0 saturated carbocycles. The second kappa shape index (κ2) is 4.13. The van der Waals surface area contributed by atoms with Gasteiger partial charge in [-0.2, -0.15) is 0 Å². The van der Waals surface area contributed by atoms with E-state index in [1.165, 1.54) is 11.1 Å². The highest BCUT2D eigenvalue weighted by Crippen LogP contribution is 2.45. The molecule has 2 atom stereocenters. The largest absolute Gasteiger partial charge is 0.322 e. The van der Waals surface area contributed by atoms with Gasteiger partial charge >= 0.3 is 0 Å². The number of hydrogen-bond donors (Lipinski definition) is 0. The minimum atomic E-state index is -0.117. The Bertz CT molecular complexity index is 893. The molecule has 0 aliphatic carbocycles. The monoisotopic (exact) mass is 291 g/mol. The number of fused-ring (bicyclic) bond motifs is 4. The van der Waals surface area contributed by atoms with Crippen molar-refractivity contribution in [2.75, 3.05) is 0 Å². The minimum Gasteiger partial charge on any atom is -0.322 e. The van der Waals surface area contributed by atoms with E-state index < -0.39 is 0 Å². The van der Waals surface area contributed by atoms with Crippen LogP contribution < -0.4 is 0 Å². The number of hydrogen-bond acceptors (Lipinski definition) is 4. The highest BCUT2D eigenvalue weighted by atomic mass is 16.1. The van der Waals surface area contributed by atoms with E-state index in [0.29, 0.717) is 5.82 Å². The van der Waals surface area contributed by atoms with Crippen molar-refractivity contribution in [3.63, 3.8) is 0 Å². The molecule has 0 amide bonds. The standard InChI is InChI=1S/C16H13N5O/c22-15-12(5-6-20-9-18-19-16(15)20)14-11-4-2-1-3-10(11)13-7-17-8-21(13)14/h1-4,7-9,12,14H,5-6H2. The lowest BCUT2D eigenvalue weighted by Gasteiger charge is -2.28. The number of nitrogens with zero attached hydrogens (tertiary/aromatic N) is 5. The van der Waals surface area contributed by atoms with E-state index >= 15 is 0 Å². The lowest BCUT2D eigenvalue weighted by atomic mass is 9.85. The zero-order chi connectivity index (χ0) is 14.7. The van der Waals surface area contributed by atoms with E-state index in [4.69, 9.17) is 0 Å². The summed E-state index contributed by atoms with van der Waals surface area (Å²) in [5, 5.41) is 7.86. The molecular formula is C16H13N5O. The zero-order valence-electron chi connectivity index (χ0n) is 11.8. The molecule has 6 heteroatoms. The van der Waals surface area contributed by atoms with Crippen LogP contribution in [0.1, 0.15) is 28.6 Å². The van der Waals surface area contributed by atoms with Crippen LogP contribution in [0.3, 0.4) is 0 Å². The molecule has 6 nitrogen and oxygen atoms in total. The number of carbonyl (C=O) groups excluding carboxylic acids is 1. The summed E-state index contributed by atoms with van der Waals surface area (Å²) in [4.78, 5) is 17.1. The lowest BCUT2D eigenvalue weighted by molar-refractivity contribution is 0.0838. The second-order valence-corrected chi connectivity index (χ2v) is 5.83. The number of aromatic nitrogens is 5. The first-order valence-corrected chi connectivity index (χ1v) is 7.38. The number of Topliss-reactive ketones (excluding diaryl/α,β-unsaturated/α-hetero) is 1. The Labute approximate surface area is 126 Å². The smallest absolute Gasteiger partial charge is 0.205 e. The fraction of sp³-hybridized carbons (Fsp3) is 0.250. The van der Waals surface area contributed by atoms with Crippen molar-refractivity contribution in [3.05, 3.63) is 54.5 Å². The maximum Gasteiger partial charge on any atom is 0.205 e. The average Bonchev–Trinajstić information content (AvgIpc) is 3.23. The van der Waals surface area contributed by atoms with Crippen LogP contribution in [0.4, 0.5) is 0 Å². The molecule has 1 aromatic carbocycles. The molecule has 2 unspecified atom stereocenters. The van der Waals surface area contributed by atoms with Gasteiger partial charge in [-0.3, -0.25) is 4.79 Å². The van der Waals surface area contributed by atoms with Crippen molar-refractivity contribution in [2.24, 2.45) is 5.92 Å². The first-order chi connectivity index (χ1) is 10.8. The second-order valence-electron chi connectivity index (χ2n) is 5.83.